The van der Waals surface area contributed by atoms with Crippen LogP contribution in [0.15, 0.2) is 40.9 Å². The summed E-state index contributed by atoms with van der Waals surface area (Å²) in [5, 5.41) is 13.0. The number of amides is 1. The van der Waals surface area contributed by atoms with Crippen LogP contribution < -0.4 is 5.32 Å². The topological polar surface area (TPSA) is 49.3 Å². The summed E-state index contributed by atoms with van der Waals surface area (Å²) in [6.07, 6.45) is 0. The molecule has 0 bridgehead atoms. The maximum absolute atomic E-state index is 12.1. The normalized spacial score (nSPS) is 10.3. The number of aromatic hydroxyl groups is 1. The van der Waals surface area contributed by atoms with Crippen molar-refractivity contribution in [3.8, 4) is 5.75 Å². The Balaban J connectivity index is 2.26. The Bertz CT molecular complexity index is 643. The van der Waals surface area contributed by atoms with Crippen molar-refractivity contribution in [1.82, 2.24) is 0 Å². The van der Waals surface area contributed by atoms with E-state index in [0.717, 1.165) is 4.47 Å². The predicted octanol–water partition coefficient (Wildman–Crippen LogP) is 4.37. The van der Waals surface area contributed by atoms with Gasteiger partial charge in [-0.3, -0.25) is 4.79 Å². The second-order valence-electron chi connectivity index (χ2n) is 4.05. The van der Waals surface area contributed by atoms with Gasteiger partial charge in [0.2, 0.25) is 0 Å². The van der Waals surface area contributed by atoms with Crippen molar-refractivity contribution < 1.29 is 9.90 Å². The number of halogens is 2. The number of phenolic OH excluding ortho intramolecular Hbond substituents is 1. The first-order chi connectivity index (χ1) is 8.99. The highest BCUT2D eigenvalue weighted by molar-refractivity contribution is 9.10. The van der Waals surface area contributed by atoms with Crippen LogP contribution >= 0.6 is 27.5 Å². The third-order valence-corrected chi connectivity index (χ3v) is 3.89. The first-order valence-electron chi connectivity index (χ1n) is 5.54. The first-order valence-corrected chi connectivity index (χ1v) is 6.71. The van der Waals surface area contributed by atoms with Gasteiger partial charge in [-0.1, -0.05) is 23.7 Å². The van der Waals surface area contributed by atoms with Crippen LogP contribution in [0.2, 0.25) is 5.02 Å². The molecule has 2 aromatic carbocycles. The molecular weight excluding hydrogens is 330 g/mol. The van der Waals surface area contributed by atoms with Gasteiger partial charge in [0, 0.05) is 10.2 Å². The number of aryl methyl sites for hydroxylation is 1. The number of nitrogens with one attached hydrogen (secondary N) is 1. The minimum absolute atomic E-state index is 0.0109. The molecule has 0 atom stereocenters. The smallest absolute Gasteiger partial charge is 0.259 e. The molecule has 2 rings (SSSR count). The zero-order chi connectivity index (χ0) is 14.0. The van der Waals surface area contributed by atoms with Gasteiger partial charge in [-0.25, -0.2) is 0 Å². The van der Waals surface area contributed by atoms with Gasteiger partial charge in [0.25, 0.3) is 5.91 Å². The highest BCUT2D eigenvalue weighted by Gasteiger charge is 2.13. The summed E-state index contributed by atoms with van der Waals surface area (Å²) >= 11 is 9.23. The number of anilines is 1. The molecule has 5 heteroatoms. The molecule has 0 aliphatic heterocycles. The van der Waals surface area contributed by atoms with Crippen LogP contribution in [0.25, 0.3) is 0 Å². The third-order valence-electron chi connectivity index (χ3n) is 2.66. The van der Waals surface area contributed by atoms with Gasteiger partial charge >= 0.3 is 0 Å². The average molecular weight is 341 g/mol. The number of hydrogen-bond acceptors (Lipinski definition) is 2. The SMILES string of the molecule is Cc1cccc(C(=O)Nc2ccc(Br)c(Cl)c2)c1O. The summed E-state index contributed by atoms with van der Waals surface area (Å²) in [7, 11) is 0. The Morgan fingerprint density at radius 3 is 2.74 bits per heavy atom. The Labute approximate surface area is 124 Å². The molecule has 0 aromatic heterocycles. The summed E-state index contributed by atoms with van der Waals surface area (Å²) in [5.41, 5.74) is 1.46. The maximum Gasteiger partial charge on any atom is 0.259 e. The van der Waals surface area contributed by atoms with E-state index in [9.17, 15) is 9.90 Å². The number of benzene rings is 2. The summed E-state index contributed by atoms with van der Waals surface area (Å²) in [5.74, 6) is -0.386. The van der Waals surface area contributed by atoms with E-state index in [1.54, 1.807) is 43.3 Å². The van der Waals surface area contributed by atoms with Crippen LogP contribution in [-0.2, 0) is 0 Å². The van der Waals surface area contributed by atoms with Gasteiger partial charge in [-0.05, 0) is 52.7 Å². The van der Waals surface area contributed by atoms with E-state index in [4.69, 9.17) is 11.6 Å². The number of phenols is 1. The molecule has 0 saturated heterocycles. The summed E-state index contributed by atoms with van der Waals surface area (Å²) in [6, 6.07) is 10.1. The molecule has 0 aliphatic carbocycles. The van der Waals surface area contributed by atoms with Gasteiger partial charge in [0.15, 0.2) is 0 Å². The molecule has 2 aromatic rings. The van der Waals surface area contributed by atoms with Crippen molar-refractivity contribution in [3.63, 3.8) is 0 Å². The largest absolute Gasteiger partial charge is 0.507 e. The molecule has 0 spiro atoms. The van der Waals surface area contributed by atoms with Gasteiger partial charge in [0.05, 0.1) is 10.6 Å². The van der Waals surface area contributed by atoms with Crippen molar-refractivity contribution in [1.29, 1.82) is 0 Å². The minimum Gasteiger partial charge on any atom is -0.507 e. The maximum atomic E-state index is 12.1. The second kappa shape index (κ2) is 5.63. The lowest BCUT2D eigenvalue weighted by molar-refractivity contribution is 0.102. The van der Waals surface area contributed by atoms with Gasteiger partial charge in [-0.15, -0.1) is 0 Å². The molecule has 0 aliphatic rings. The van der Waals surface area contributed by atoms with Crippen LogP contribution in [0.1, 0.15) is 15.9 Å². The summed E-state index contributed by atoms with van der Waals surface area (Å²) in [6.45, 7) is 1.74. The molecular formula is C14H11BrClNO2. The monoisotopic (exact) mass is 339 g/mol. The molecule has 1 amide bonds. The lowest BCUT2D eigenvalue weighted by Crippen LogP contribution is -2.12. The van der Waals surface area contributed by atoms with Crippen molar-refractivity contribution >= 4 is 39.1 Å². The molecule has 2 N–H and O–H groups in total. The number of carbonyl (C=O) groups is 1. The molecule has 0 heterocycles. The Kier molecular flexibility index (Phi) is 4.12. The first kappa shape index (κ1) is 13.9. The van der Waals surface area contributed by atoms with E-state index in [1.807, 2.05) is 0 Å². The van der Waals surface area contributed by atoms with Crippen LogP contribution in [0.3, 0.4) is 0 Å². The van der Waals surface area contributed by atoms with Gasteiger partial charge in [0.1, 0.15) is 5.75 Å². The fourth-order valence-electron chi connectivity index (χ4n) is 1.61. The van der Waals surface area contributed by atoms with E-state index in [1.165, 1.54) is 0 Å². The fourth-order valence-corrected chi connectivity index (χ4v) is 2.04. The zero-order valence-corrected chi connectivity index (χ0v) is 12.4. The Hall–Kier alpha value is -1.52. The van der Waals surface area contributed by atoms with Gasteiger partial charge < -0.3 is 10.4 Å². The number of hydrogen-bond donors (Lipinski definition) is 2. The van der Waals surface area contributed by atoms with E-state index < -0.39 is 0 Å². The zero-order valence-electron chi connectivity index (χ0n) is 10.1. The minimum atomic E-state index is -0.375. The van der Waals surface area contributed by atoms with Gasteiger partial charge in [-0.2, -0.15) is 0 Å². The predicted molar refractivity (Wildman–Crippen MR) is 79.9 cm³/mol. The Morgan fingerprint density at radius 1 is 1.32 bits per heavy atom. The molecule has 0 fully saturated rings. The average Bonchev–Trinajstić information content (AvgIpc) is 2.37. The second-order valence-corrected chi connectivity index (χ2v) is 5.32. The number of para-hydroxylation sites is 1. The van der Waals surface area contributed by atoms with Crippen LogP contribution in [0, 0.1) is 6.92 Å². The number of rotatable bonds is 2. The highest BCUT2D eigenvalue weighted by atomic mass is 79.9. The van der Waals surface area contributed by atoms with E-state index in [2.05, 4.69) is 21.2 Å². The van der Waals surface area contributed by atoms with Crippen molar-refractivity contribution in [2.24, 2.45) is 0 Å². The van der Waals surface area contributed by atoms with Crippen molar-refractivity contribution in [2.45, 2.75) is 6.92 Å². The molecule has 0 radical (unpaired) electrons. The Morgan fingerprint density at radius 2 is 2.05 bits per heavy atom. The molecule has 98 valence electrons. The van der Waals surface area contributed by atoms with Crippen molar-refractivity contribution in [3.05, 3.63) is 57.0 Å². The van der Waals surface area contributed by atoms with Crippen LogP contribution in [-0.4, -0.2) is 11.0 Å². The fraction of sp³-hybridized carbons (Fsp3) is 0.0714. The third kappa shape index (κ3) is 3.08. The molecule has 0 saturated carbocycles. The molecule has 0 unspecified atom stereocenters. The molecule has 19 heavy (non-hydrogen) atoms. The van der Waals surface area contributed by atoms with Crippen LogP contribution in [0.5, 0.6) is 5.75 Å². The van der Waals surface area contributed by atoms with Crippen LogP contribution in [0.4, 0.5) is 5.69 Å². The van der Waals surface area contributed by atoms with E-state index in [-0.39, 0.29) is 17.2 Å². The molecule has 3 nitrogen and oxygen atoms in total. The lowest BCUT2D eigenvalue weighted by Gasteiger charge is -2.09. The van der Waals surface area contributed by atoms with E-state index >= 15 is 0 Å². The highest BCUT2D eigenvalue weighted by Crippen LogP contribution is 2.27. The lowest BCUT2D eigenvalue weighted by atomic mass is 10.1. The van der Waals surface area contributed by atoms with Crippen molar-refractivity contribution in [2.75, 3.05) is 5.32 Å². The van der Waals surface area contributed by atoms with E-state index in [0.29, 0.717) is 16.3 Å². The quantitative estimate of drug-likeness (QED) is 0.853. The number of carbonyl (C=O) groups excluding carboxylic acids is 1. The summed E-state index contributed by atoms with van der Waals surface area (Å²) in [4.78, 5) is 12.1. The standard InChI is InChI=1S/C14H11BrClNO2/c1-8-3-2-4-10(13(8)18)14(19)17-9-5-6-11(15)12(16)7-9/h2-7,18H,1H3,(H,17,19). The summed E-state index contributed by atoms with van der Waals surface area (Å²) < 4.78 is 0.755.